The fourth-order valence-corrected chi connectivity index (χ4v) is 0.713. The molecule has 0 aliphatic heterocycles. The maximum atomic E-state index is 11.9. The topological polar surface area (TPSA) is 20.2 Å². The van der Waals surface area contributed by atoms with E-state index in [9.17, 15) is 13.2 Å². The van der Waals surface area contributed by atoms with Crippen LogP contribution in [0.2, 0.25) is 0 Å². The van der Waals surface area contributed by atoms with Crippen LogP contribution >= 0.6 is 0 Å². The third-order valence-electron chi connectivity index (χ3n) is 1.21. The van der Waals surface area contributed by atoms with Crippen LogP contribution < -0.4 is 0 Å². The third-order valence-corrected chi connectivity index (χ3v) is 1.21. The molecule has 0 fully saturated rings. The Morgan fingerprint density at radius 3 is 1.92 bits per heavy atom. The summed E-state index contributed by atoms with van der Waals surface area (Å²) in [7, 11) is 0. The van der Waals surface area contributed by atoms with Crippen LogP contribution in [0.15, 0.2) is 24.3 Å². The molecule has 12 heavy (non-hydrogen) atoms. The molecule has 0 saturated carbocycles. The van der Waals surface area contributed by atoms with Crippen molar-refractivity contribution in [3.63, 3.8) is 0 Å². The van der Waals surface area contributed by atoms with E-state index < -0.39 is 17.5 Å². The van der Waals surface area contributed by atoms with E-state index in [2.05, 4.69) is 0 Å². The summed E-state index contributed by atoms with van der Waals surface area (Å²) in [4.78, 5) is 0. The van der Waals surface area contributed by atoms with E-state index in [1.54, 1.807) is 0 Å². The number of benzene rings is 1. The molecule has 0 saturated heterocycles. The number of hydrogen-bond donors (Lipinski definition) is 1. The molecule has 0 atom stereocenters. The number of rotatable bonds is 0. The van der Waals surface area contributed by atoms with Gasteiger partial charge in [-0.1, -0.05) is 12.1 Å². The Balaban J connectivity index is 0.00000121. The van der Waals surface area contributed by atoms with Gasteiger partial charge in [-0.05, 0) is 12.1 Å². The second-order valence-electron chi connectivity index (χ2n) is 2.01. The van der Waals surface area contributed by atoms with Crippen molar-refractivity contribution in [3.8, 4) is 5.75 Å². The van der Waals surface area contributed by atoms with E-state index >= 15 is 0 Å². The van der Waals surface area contributed by atoms with Gasteiger partial charge in [-0.2, -0.15) is 13.2 Å². The zero-order chi connectivity index (χ0) is 8.48. The molecule has 1 aromatic rings. The van der Waals surface area contributed by atoms with Gasteiger partial charge in [-0.3, -0.25) is 0 Å². The zero-order valence-electron chi connectivity index (χ0n) is 5.89. The minimum absolute atomic E-state index is 0. The number of phenolic OH excluding ortho intramolecular Hbond substituents is 1. The summed E-state index contributed by atoms with van der Waals surface area (Å²) in [6.45, 7) is 0. The molecule has 0 heterocycles. The van der Waals surface area contributed by atoms with Gasteiger partial charge in [0.1, 0.15) is 5.75 Å². The van der Waals surface area contributed by atoms with Crippen LogP contribution in [-0.4, -0.2) is 5.11 Å². The molecule has 64 valence electrons. The fraction of sp³-hybridized carbons (Fsp3) is 0.143. The summed E-state index contributed by atoms with van der Waals surface area (Å²) in [5.74, 6) is -0.736. The van der Waals surface area contributed by atoms with E-state index in [4.69, 9.17) is 5.11 Å². The van der Waals surface area contributed by atoms with Crippen molar-refractivity contribution in [1.29, 1.82) is 0 Å². The van der Waals surface area contributed by atoms with Crippen LogP contribution in [0.4, 0.5) is 13.2 Å². The second-order valence-corrected chi connectivity index (χ2v) is 2.01. The monoisotopic (exact) mass is 252 g/mol. The minimum Gasteiger partial charge on any atom is -0.507 e. The predicted octanol–water partition coefficient (Wildman–Crippen LogP) is 2.41. The molecule has 1 rings (SSSR count). The number of alkyl halides is 3. The summed E-state index contributed by atoms with van der Waals surface area (Å²) in [6.07, 6.45) is -4.47. The van der Waals surface area contributed by atoms with Crippen molar-refractivity contribution >= 4 is 0 Å². The zero-order valence-corrected chi connectivity index (χ0v) is 8.35. The first kappa shape index (κ1) is 11.7. The van der Waals surface area contributed by atoms with Crippen LogP contribution in [0, 0.1) is 0 Å². The Kier molecular flexibility index (Phi) is 3.98. The van der Waals surface area contributed by atoms with Gasteiger partial charge in [0.15, 0.2) is 0 Å². The van der Waals surface area contributed by atoms with Gasteiger partial charge in [0, 0.05) is 26.2 Å². The van der Waals surface area contributed by atoms with Crippen LogP contribution in [0.3, 0.4) is 0 Å². The standard InChI is InChI=1S/C7H5F3O.Zr/c8-7(9,10)5-3-1-2-4-6(5)11;/h1-4,11H;. The Labute approximate surface area is 86.3 Å². The summed E-state index contributed by atoms with van der Waals surface area (Å²) in [6, 6.07) is 4.39. The van der Waals surface area contributed by atoms with Crippen molar-refractivity contribution in [3.05, 3.63) is 29.8 Å². The molecule has 0 bridgehead atoms. The molecule has 1 nitrogen and oxygen atoms in total. The Bertz CT molecular complexity index is 259. The summed E-state index contributed by atoms with van der Waals surface area (Å²) in [5.41, 5.74) is -1.000. The maximum Gasteiger partial charge on any atom is 0.419 e. The van der Waals surface area contributed by atoms with E-state index in [0.717, 1.165) is 12.1 Å². The van der Waals surface area contributed by atoms with Gasteiger partial charge in [-0.25, -0.2) is 0 Å². The van der Waals surface area contributed by atoms with E-state index in [-0.39, 0.29) is 26.2 Å². The second kappa shape index (κ2) is 4.08. The Morgan fingerprint density at radius 2 is 1.58 bits per heavy atom. The molecule has 0 aliphatic carbocycles. The van der Waals surface area contributed by atoms with E-state index in [0.29, 0.717) is 0 Å². The molecule has 0 amide bonds. The molecule has 1 N–H and O–H groups in total. The van der Waals surface area contributed by atoms with E-state index in [1.807, 2.05) is 0 Å². The Morgan fingerprint density at radius 1 is 1.08 bits per heavy atom. The normalized spacial score (nSPS) is 10.6. The van der Waals surface area contributed by atoms with Crippen LogP contribution in [-0.2, 0) is 32.4 Å². The van der Waals surface area contributed by atoms with Crippen molar-refractivity contribution < 1.29 is 44.5 Å². The molecule has 0 aromatic heterocycles. The first-order valence-corrected chi connectivity index (χ1v) is 2.87. The van der Waals surface area contributed by atoms with Gasteiger partial charge in [-0.15, -0.1) is 0 Å². The van der Waals surface area contributed by atoms with Crippen molar-refractivity contribution in [1.82, 2.24) is 0 Å². The summed E-state index contributed by atoms with van der Waals surface area (Å²) in [5, 5.41) is 8.73. The molecule has 0 unspecified atom stereocenters. The van der Waals surface area contributed by atoms with Gasteiger partial charge in [0.25, 0.3) is 0 Å². The number of aromatic hydroxyl groups is 1. The smallest absolute Gasteiger partial charge is 0.419 e. The van der Waals surface area contributed by atoms with Crippen molar-refractivity contribution in [2.24, 2.45) is 0 Å². The van der Waals surface area contributed by atoms with E-state index in [1.165, 1.54) is 12.1 Å². The molecule has 1 aromatic carbocycles. The van der Waals surface area contributed by atoms with Crippen molar-refractivity contribution in [2.45, 2.75) is 6.18 Å². The van der Waals surface area contributed by atoms with Crippen LogP contribution in [0.1, 0.15) is 5.56 Å². The SMILES string of the molecule is Oc1ccccc1C(F)(F)F.[Zr]. The molecule has 5 heteroatoms. The van der Waals surface area contributed by atoms with Gasteiger partial charge in [0.05, 0.1) is 5.56 Å². The quantitative estimate of drug-likeness (QED) is 0.753. The summed E-state index contributed by atoms with van der Waals surface area (Å²) >= 11 is 0. The number of phenols is 1. The number of para-hydroxylation sites is 1. The van der Waals surface area contributed by atoms with Crippen LogP contribution in [0.5, 0.6) is 5.75 Å². The first-order chi connectivity index (χ1) is 5.02. The molecule has 0 aliphatic rings. The number of halogens is 3. The molecular weight excluding hydrogens is 248 g/mol. The average molecular weight is 253 g/mol. The van der Waals surface area contributed by atoms with Gasteiger partial charge >= 0.3 is 6.18 Å². The third kappa shape index (κ3) is 2.63. The largest absolute Gasteiger partial charge is 0.507 e. The summed E-state index contributed by atoms with van der Waals surface area (Å²) < 4.78 is 35.7. The average Bonchev–Trinajstić information content (AvgIpc) is 1.86. The number of hydrogen-bond acceptors (Lipinski definition) is 1. The molecular formula is C7H5F3OZr. The fourth-order valence-electron chi connectivity index (χ4n) is 0.713. The maximum absolute atomic E-state index is 11.9. The first-order valence-electron chi connectivity index (χ1n) is 2.87. The Hall–Kier alpha value is -0.307. The molecule has 0 spiro atoms. The minimum atomic E-state index is -4.47. The van der Waals surface area contributed by atoms with Gasteiger partial charge < -0.3 is 5.11 Å². The van der Waals surface area contributed by atoms with Crippen LogP contribution in [0.25, 0.3) is 0 Å². The predicted molar refractivity (Wildman–Crippen MR) is 33.1 cm³/mol. The van der Waals surface area contributed by atoms with Gasteiger partial charge in [0.2, 0.25) is 0 Å². The van der Waals surface area contributed by atoms with Crippen molar-refractivity contribution in [2.75, 3.05) is 0 Å². The molecule has 0 radical (unpaired) electrons.